The van der Waals surface area contributed by atoms with Gasteiger partial charge in [0, 0.05) is 13.5 Å². The second kappa shape index (κ2) is 4.75. The van der Waals surface area contributed by atoms with Crippen LogP contribution in [0.5, 0.6) is 0 Å². The third-order valence-corrected chi connectivity index (χ3v) is 2.67. The van der Waals surface area contributed by atoms with E-state index in [-0.39, 0.29) is 11.8 Å². The van der Waals surface area contributed by atoms with Crippen LogP contribution in [0.1, 0.15) is 6.92 Å². The van der Waals surface area contributed by atoms with Gasteiger partial charge in [0.05, 0.1) is 38.5 Å². The number of ketones is 1. The molecule has 0 bridgehead atoms. The van der Waals surface area contributed by atoms with E-state index >= 15 is 0 Å². The Morgan fingerprint density at radius 3 is 2.73 bits per heavy atom. The van der Waals surface area contributed by atoms with Gasteiger partial charge in [0.25, 0.3) is 0 Å². The van der Waals surface area contributed by atoms with Crippen LogP contribution in [-0.4, -0.2) is 55.7 Å². The molecule has 0 radical (unpaired) electrons. The quantitative estimate of drug-likeness (QED) is 0.438. The van der Waals surface area contributed by atoms with Crippen LogP contribution in [0.4, 0.5) is 0 Å². The van der Waals surface area contributed by atoms with Gasteiger partial charge in [-0.15, -0.1) is 0 Å². The minimum Gasteiger partial charge on any atom is -0.378 e. The van der Waals surface area contributed by atoms with Gasteiger partial charge in [0.2, 0.25) is 5.78 Å². The van der Waals surface area contributed by atoms with Gasteiger partial charge in [-0.05, 0) is 5.92 Å². The van der Waals surface area contributed by atoms with Crippen molar-refractivity contribution in [3.63, 3.8) is 0 Å². The predicted octanol–water partition coefficient (Wildman–Crippen LogP) is -0.322. The fourth-order valence-electron chi connectivity index (χ4n) is 1.78. The predicted molar refractivity (Wildman–Crippen MR) is 54.4 cm³/mol. The summed E-state index contributed by atoms with van der Waals surface area (Å²) in [5.41, 5.74) is 0. The van der Waals surface area contributed by atoms with Crippen molar-refractivity contribution in [3.05, 3.63) is 0 Å². The summed E-state index contributed by atoms with van der Waals surface area (Å²) >= 11 is 0. The summed E-state index contributed by atoms with van der Waals surface area (Å²) in [5.74, 6) is 5.47. The lowest BCUT2D eigenvalue weighted by atomic mass is 10.1. The topological polar surface area (TPSA) is 38.8 Å². The summed E-state index contributed by atoms with van der Waals surface area (Å²) in [4.78, 5) is 13.1. The molecule has 0 aliphatic carbocycles. The third kappa shape index (κ3) is 2.57. The summed E-state index contributed by atoms with van der Waals surface area (Å²) in [6, 6.07) is 0.511. The number of hydrogen-bond donors (Lipinski definition) is 0. The Bertz CT molecular complexity index is 301. The zero-order valence-corrected chi connectivity index (χ0v) is 8.86. The maximum atomic E-state index is 10.8. The van der Waals surface area contributed by atoms with Crippen LogP contribution in [0.2, 0.25) is 0 Å². The van der Waals surface area contributed by atoms with E-state index in [1.807, 2.05) is 0 Å². The molecule has 0 saturated carbocycles. The number of hydrogen-bond acceptors (Lipinski definition) is 4. The second-order valence-electron chi connectivity index (χ2n) is 3.85. The summed E-state index contributed by atoms with van der Waals surface area (Å²) in [5, 5.41) is 0. The molecule has 82 valence electrons. The van der Waals surface area contributed by atoms with E-state index < -0.39 is 0 Å². The second-order valence-corrected chi connectivity index (χ2v) is 3.85. The number of carbonyl (C=O) groups excluding carboxylic acids is 1. The Morgan fingerprint density at radius 1 is 1.33 bits per heavy atom. The highest BCUT2D eigenvalue weighted by atomic mass is 16.5. The van der Waals surface area contributed by atoms with E-state index in [2.05, 4.69) is 16.7 Å². The Hall–Kier alpha value is -0.890. The highest BCUT2D eigenvalue weighted by molar-refractivity contribution is 5.93. The summed E-state index contributed by atoms with van der Waals surface area (Å²) in [6.07, 6.45) is 0. The van der Waals surface area contributed by atoms with Crippen molar-refractivity contribution in [1.82, 2.24) is 4.90 Å². The zero-order chi connectivity index (χ0) is 10.7. The zero-order valence-electron chi connectivity index (χ0n) is 8.86. The lowest BCUT2D eigenvalue weighted by Gasteiger charge is -2.42. The van der Waals surface area contributed by atoms with Gasteiger partial charge in [0.1, 0.15) is 0 Å². The van der Waals surface area contributed by atoms with Gasteiger partial charge < -0.3 is 9.47 Å². The highest BCUT2D eigenvalue weighted by Gasteiger charge is 2.32. The molecule has 2 saturated heterocycles. The maximum Gasteiger partial charge on any atom is 0.202 e. The first-order valence-corrected chi connectivity index (χ1v) is 5.20. The molecule has 4 nitrogen and oxygen atoms in total. The van der Waals surface area contributed by atoms with Gasteiger partial charge >= 0.3 is 0 Å². The van der Waals surface area contributed by atoms with Gasteiger partial charge in [-0.1, -0.05) is 5.92 Å². The Balaban J connectivity index is 1.99. The van der Waals surface area contributed by atoms with Crippen LogP contribution in [-0.2, 0) is 14.3 Å². The van der Waals surface area contributed by atoms with Crippen molar-refractivity contribution in [2.45, 2.75) is 19.0 Å². The highest BCUT2D eigenvalue weighted by Crippen LogP contribution is 2.16. The van der Waals surface area contributed by atoms with Gasteiger partial charge in [-0.25, -0.2) is 0 Å². The molecule has 2 aliphatic heterocycles. The van der Waals surface area contributed by atoms with Crippen LogP contribution in [0.15, 0.2) is 0 Å². The van der Waals surface area contributed by atoms with Crippen molar-refractivity contribution in [2.75, 3.05) is 33.0 Å². The molecule has 2 rings (SSSR count). The van der Waals surface area contributed by atoms with Crippen LogP contribution in [0.3, 0.4) is 0 Å². The molecule has 0 amide bonds. The first kappa shape index (κ1) is 10.6. The van der Waals surface area contributed by atoms with E-state index in [1.165, 1.54) is 6.92 Å². The molecule has 0 spiro atoms. The number of ether oxygens (including phenoxy) is 2. The van der Waals surface area contributed by atoms with Crippen molar-refractivity contribution in [2.24, 2.45) is 0 Å². The van der Waals surface area contributed by atoms with Gasteiger partial charge in [-0.3, -0.25) is 9.69 Å². The van der Waals surface area contributed by atoms with Crippen molar-refractivity contribution >= 4 is 5.78 Å². The van der Waals surface area contributed by atoms with E-state index in [4.69, 9.17) is 9.47 Å². The van der Waals surface area contributed by atoms with Gasteiger partial charge in [0.15, 0.2) is 0 Å². The van der Waals surface area contributed by atoms with Crippen LogP contribution < -0.4 is 0 Å². The molecule has 0 aromatic carbocycles. The first-order chi connectivity index (χ1) is 7.27. The van der Waals surface area contributed by atoms with Crippen molar-refractivity contribution in [3.8, 4) is 11.8 Å². The van der Waals surface area contributed by atoms with Crippen molar-refractivity contribution < 1.29 is 14.3 Å². The summed E-state index contributed by atoms with van der Waals surface area (Å²) in [7, 11) is 0. The lowest BCUT2D eigenvalue weighted by Crippen LogP contribution is -2.57. The maximum absolute atomic E-state index is 10.8. The lowest BCUT2D eigenvalue weighted by molar-refractivity contribution is -0.112. The van der Waals surface area contributed by atoms with Crippen molar-refractivity contribution in [1.29, 1.82) is 0 Å². The standard InChI is InChI=1S/C11H15NO3/c1-9(13)2-3-10-6-14-5-4-12(10)11-7-15-8-11/h10-11H,4-8H2,1H3. The molecule has 0 aromatic heterocycles. The fourth-order valence-corrected chi connectivity index (χ4v) is 1.78. The minimum atomic E-state index is -0.0922. The normalized spacial score (nSPS) is 27.7. The largest absolute Gasteiger partial charge is 0.378 e. The van der Waals surface area contributed by atoms with E-state index in [9.17, 15) is 4.79 Å². The van der Waals surface area contributed by atoms with E-state index in [1.54, 1.807) is 0 Å². The fraction of sp³-hybridized carbons (Fsp3) is 0.727. The smallest absolute Gasteiger partial charge is 0.202 e. The van der Waals surface area contributed by atoms with Crippen LogP contribution in [0.25, 0.3) is 0 Å². The average Bonchev–Trinajstić information content (AvgIpc) is 2.14. The SMILES string of the molecule is CC(=O)C#CC1COCCN1C1COC1. The molecule has 2 fully saturated rings. The Morgan fingerprint density at radius 2 is 2.13 bits per heavy atom. The van der Waals surface area contributed by atoms with Crippen LogP contribution in [0, 0.1) is 11.8 Å². The number of Topliss-reactive ketones (excluding diaryl/α,β-unsaturated/α-hetero) is 1. The molecular weight excluding hydrogens is 194 g/mol. The Labute approximate surface area is 89.5 Å². The molecule has 2 heterocycles. The van der Waals surface area contributed by atoms with E-state index in [0.717, 1.165) is 26.4 Å². The molecule has 2 aliphatic rings. The molecule has 1 atom stereocenters. The molecular formula is C11H15NO3. The number of morpholine rings is 1. The Kier molecular flexibility index (Phi) is 3.37. The summed E-state index contributed by atoms with van der Waals surface area (Å²) < 4.78 is 10.5. The minimum absolute atomic E-state index is 0.0524. The molecule has 0 aromatic rings. The first-order valence-electron chi connectivity index (χ1n) is 5.20. The number of nitrogens with zero attached hydrogens (tertiary/aromatic N) is 1. The van der Waals surface area contributed by atoms with Crippen LogP contribution >= 0.6 is 0 Å². The molecule has 15 heavy (non-hydrogen) atoms. The number of carbonyl (C=O) groups is 1. The monoisotopic (exact) mass is 209 g/mol. The summed E-state index contributed by atoms with van der Waals surface area (Å²) in [6.45, 7) is 5.25. The molecule has 4 heteroatoms. The molecule has 0 N–H and O–H groups in total. The van der Waals surface area contributed by atoms with E-state index in [0.29, 0.717) is 12.6 Å². The third-order valence-electron chi connectivity index (χ3n) is 2.67. The molecule has 1 unspecified atom stereocenters. The number of rotatable bonds is 1. The van der Waals surface area contributed by atoms with Gasteiger partial charge in [-0.2, -0.15) is 0 Å². The average molecular weight is 209 g/mol.